The molecule has 1 N–H and O–H groups in total. The van der Waals surface area contributed by atoms with Crippen LogP contribution >= 0.6 is 11.6 Å². The number of ether oxygens (including phenoxy) is 1. The molecule has 0 saturated heterocycles. The quantitative estimate of drug-likeness (QED) is 0.623. The summed E-state index contributed by atoms with van der Waals surface area (Å²) in [6.07, 6.45) is 1.97. The van der Waals surface area contributed by atoms with Crippen molar-refractivity contribution in [3.05, 3.63) is 60.2 Å². The van der Waals surface area contributed by atoms with E-state index in [4.69, 9.17) is 16.3 Å². The highest BCUT2D eigenvalue weighted by Gasteiger charge is 2.00. The standard InChI is InChI=1S/C17H18ClNO2/c18-13-17(20)19-15-8-10-16(11-9-15)21-12-4-7-14-5-2-1-3-6-14/h1-3,5-6,8-11H,4,7,12-13H2,(H,19,20). The fourth-order valence-corrected chi connectivity index (χ4v) is 2.01. The molecule has 0 fully saturated rings. The van der Waals surface area contributed by atoms with Crippen LogP contribution in [0.5, 0.6) is 5.75 Å². The monoisotopic (exact) mass is 303 g/mol. The van der Waals surface area contributed by atoms with Crippen molar-refractivity contribution in [3.63, 3.8) is 0 Å². The van der Waals surface area contributed by atoms with E-state index >= 15 is 0 Å². The Morgan fingerprint density at radius 3 is 2.43 bits per heavy atom. The number of alkyl halides is 1. The van der Waals surface area contributed by atoms with Crippen LogP contribution < -0.4 is 10.1 Å². The summed E-state index contributed by atoms with van der Waals surface area (Å²) in [5.41, 5.74) is 2.04. The van der Waals surface area contributed by atoms with Gasteiger partial charge in [-0.2, -0.15) is 0 Å². The Bertz CT molecular complexity index is 555. The number of benzene rings is 2. The molecule has 0 bridgehead atoms. The Balaban J connectivity index is 1.72. The van der Waals surface area contributed by atoms with Gasteiger partial charge in [-0.25, -0.2) is 0 Å². The van der Waals surface area contributed by atoms with Gasteiger partial charge in [0.25, 0.3) is 0 Å². The zero-order valence-electron chi connectivity index (χ0n) is 11.7. The number of rotatable bonds is 7. The molecule has 1 amide bonds. The SMILES string of the molecule is O=C(CCl)Nc1ccc(OCCCc2ccccc2)cc1. The van der Waals surface area contributed by atoms with Gasteiger partial charge >= 0.3 is 0 Å². The van der Waals surface area contributed by atoms with E-state index in [1.165, 1.54) is 5.56 Å². The number of anilines is 1. The number of hydrogen-bond acceptors (Lipinski definition) is 2. The predicted molar refractivity (Wildman–Crippen MR) is 86.0 cm³/mol. The van der Waals surface area contributed by atoms with Gasteiger partial charge in [0.1, 0.15) is 11.6 Å². The Morgan fingerprint density at radius 2 is 1.76 bits per heavy atom. The topological polar surface area (TPSA) is 38.3 Å². The van der Waals surface area contributed by atoms with Crippen LogP contribution in [-0.4, -0.2) is 18.4 Å². The lowest BCUT2D eigenvalue weighted by molar-refractivity contribution is -0.113. The number of nitrogens with one attached hydrogen (secondary N) is 1. The van der Waals surface area contributed by atoms with Gasteiger partial charge in [-0.3, -0.25) is 4.79 Å². The summed E-state index contributed by atoms with van der Waals surface area (Å²) in [6, 6.07) is 17.6. The maximum absolute atomic E-state index is 11.1. The summed E-state index contributed by atoms with van der Waals surface area (Å²) in [6.45, 7) is 0.669. The van der Waals surface area contributed by atoms with Crippen molar-refractivity contribution in [2.75, 3.05) is 17.8 Å². The largest absolute Gasteiger partial charge is 0.494 e. The number of carbonyl (C=O) groups is 1. The first-order chi connectivity index (χ1) is 10.3. The van der Waals surface area contributed by atoms with Crippen LogP contribution in [0.15, 0.2) is 54.6 Å². The van der Waals surface area contributed by atoms with Gasteiger partial charge in [0.05, 0.1) is 6.61 Å². The van der Waals surface area contributed by atoms with E-state index in [-0.39, 0.29) is 11.8 Å². The van der Waals surface area contributed by atoms with E-state index < -0.39 is 0 Å². The van der Waals surface area contributed by atoms with Crippen molar-refractivity contribution in [1.29, 1.82) is 0 Å². The maximum Gasteiger partial charge on any atom is 0.239 e. The minimum absolute atomic E-state index is 0.0439. The second-order valence-corrected chi connectivity index (χ2v) is 4.91. The minimum Gasteiger partial charge on any atom is -0.494 e. The third-order valence-electron chi connectivity index (χ3n) is 2.98. The summed E-state index contributed by atoms with van der Waals surface area (Å²) in [7, 11) is 0. The average molecular weight is 304 g/mol. The Morgan fingerprint density at radius 1 is 1.05 bits per heavy atom. The van der Waals surface area contributed by atoms with Gasteiger partial charge in [-0.05, 0) is 42.7 Å². The number of amides is 1. The fourth-order valence-electron chi connectivity index (χ4n) is 1.94. The summed E-state index contributed by atoms with van der Waals surface area (Å²) in [5.74, 6) is 0.540. The van der Waals surface area contributed by atoms with Crippen LogP contribution in [-0.2, 0) is 11.2 Å². The third-order valence-corrected chi connectivity index (χ3v) is 3.22. The first-order valence-corrected chi connectivity index (χ1v) is 7.44. The van der Waals surface area contributed by atoms with Gasteiger partial charge in [-0.1, -0.05) is 30.3 Å². The molecule has 0 aromatic heterocycles. The van der Waals surface area contributed by atoms with Crippen molar-refractivity contribution < 1.29 is 9.53 Å². The van der Waals surface area contributed by atoms with Crippen molar-refractivity contribution in [2.24, 2.45) is 0 Å². The number of carbonyl (C=O) groups excluding carboxylic acids is 1. The molecular formula is C17H18ClNO2. The molecule has 0 aliphatic carbocycles. The van der Waals surface area contributed by atoms with Gasteiger partial charge in [0.15, 0.2) is 0 Å². The molecule has 0 saturated carbocycles. The predicted octanol–water partition coefficient (Wildman–Crippen LogP) is 3.88. The van der Waals surface area contributed by atoms with Crippen LogP contribution in [0.25, 0.3) is 0 Å². The van der Waals surface area contributed by atoms with Gasteiger partial charge in [-0.15, -0.1) is 11.6 Å². The van der Waals surface area contributed by atoms with E-state index in [9.17, 15) is 4.79 Å². The molecule has 2 aromatic rings. The zero-order chi connectivity index (χ0) is 14.9. The molecule has 4 heteroatoms. The molecule has 110 valence electrons. The van der Waals surface area contributed by atoms with E-state index in [1.54, 1.807) is 12.1 Å². The Labute approximate surface area is 129 Å². The molecule has 0 radical (unpaired) electrons. The van der Waals surface area contributed by atoms with Crippen molar-refractivity contribution in [3.8, 4) is 5.75 Å². The molecule has 0 atom stereocenters. The zero-order valence-corrected chi connectivity index (χ0v) is 12.5. The number of halogens is 1. The van der Waals surface area contributed by atoms with Crippen LogP contribution in [0, 0.1) is 0 Å². The van der Waals surface area contributed by atoms with Crippen LogP contribution in [0.2, 0.25) is 0 Å². The van der Waals surface area contributed by atoms with Gasteiger partial charge in [0, 0.05) is 5.69 Å². The van der Waals surface area contributed by atoms with E-state index in [1.807, 2.05) is 30.3 Å². The Kier molecular flexibility index (Phi) is 6.10. The van der Waals surface area contributed by atoms with Gasteiger partial charge < -0.3 is 10.1 Å². The fraction of sp³-hybridized carbons (Fsp3) is 0.235. The van der Waals surface area contributed by atoms with Gasteiger partial charge in [0.2, 0.25) is 5.91 Å². The van der Waals surface area contributed by atoms with Crippen molar-refractivity contribution >= 4 is 23.2 Å². The molecule has 0 spiro atoms. The average Bonchev–Trinajstić information content (AvgIpc) is 2.54. The molecular weight excluding hydrogens is 286 g/mol. The van der Waals surface area contributed by atoms with Crippen LogP contribution in [0.3, 0.4) is 0 Å². The molecule has 0 heterocycles. The first kappa shape index (κ1) is 15.4. The van der Waals surface area contributed by atoms with E-state index in [0.29, 0.717) is 6.61 Å². The maximum atomic E-state index is 11.1. The molecule has 3 nitrogen and oxygen atoms in total. The molecule has 0 aliphatic heterocycles. The first-order valence-electron chi connectivity index (χ1n) is 6.90. The van der Waals surface area contributed by atoms with E-state index in [0.717, 1.165) is 24.3 Å². The summed E-state index contributed by atoms with van der Waals surface area (Å²) in [4.78, 5) is 11.1. The van der Waals surface area contributed by atoms with Crippen LogP contribution in [0.4, 0.5) is 5.69 Å². The second kappa shape index (κ2) is 8.32. The van der Waals surface area contributed by atoms with Crippen molar-refractivity contribution in [2.45, 2.75) is 12.8 Å². The third kappa shape index (κ3) is 5.48. The molecule has 21 heavy (non-hydrogen) atoms. The number of aryl methyl sites for hydroxylation is 1. The Hall–Kier alpha value is -2.00. The summed E-state index contributed by atoms with van der Waals surface area (Å²) < 4.78 is 5.68. The van der Waals surface area contributed by atoms with Crippen molar-refractivity contribution in [1.82, 2.24) is 0 Å². The summed E-state index contributed by atoms with van der Waals surface area (Å²) in [5, 5.41) is 2.68. The molecule has 0 aliphatic rings. The number of hydrogen-bond donors (Lipinski definition) is 1. The highest BCUT2D eigenvalue weighted by Crippen LogP contribution is 2.16. The lowest BCUT2D eigenvalue weighted by atomic mass is 10.1. The lowest BCUT2D eigenvalue weighted by Crippen LogP contribution is -2.12. The highest BCUT2D eigenvalue weighted by molar-refractivity contribution is 6.29. The molecule has 2 aromatic carbocycles. The highest BCUT2D eigenvalue weighted by atomic mass is 35.5. The van der Waals surface area contributed by atoms with Crippen LogP contribution in [0.1, 0.15) is 12.0 Å². The summed E-state index contributed by atoms with van der Waals surface area (Å²) >= 11 is 5.43. The molecule has 2 rings (SSSR count). The smallest absolute Gasteiger partial charge is 0.239 e. The second-order valence-electron chi connectivity index (χ2n) is 4.64. The van der Waals surface area contributed by atoms with E-state index in [2.05, 4.69) is 17.4 Å². The lowest BCUT2D eigenvalue weighted by Gasteiger charge is -2.08. The minimum atomic E-state index is -0.215. The normalized spacial score (nSPS) is 10.1. The molecule has 0 unspecified atom stereocenters.